The number of hydrogen-bond donors (Lipinski definition) is 1. The molecule has 2 N–H and O–H groups in total. The topological polar surface area (TPSA) is 63.1 Å². The van der Waals surface area contributed by atoms with Gasteiger partial charge in [-0.05, 0) is 5.56 Å². The zero-order valence-electron chi connectivity index (χ0n) is 11.4. The molecule has 0 bridgehead atoms. The van der Waals surface area contributed by atoms with E-state index in [0.717, 1.165) is 34.7 Å². The van der Waals surface area contributed by atoms with Gasteiger partial charge in [0.15, 0.2) is 0 Å². The van der Waals surface area contributed by atoms with Crippen LogP contribution in [0.25, 0.3) is 0 Å². The average Bonchev–Trinajstić information content (AvgIpc) is 3.07. The lowest BCUT2D eigenvalue weighted by Gasteiger charge is -2.09. The maximum atomic E-state index is 5.64. The van der Waals surface area contributed by atoms with Gasteiger partial charge in [-0.2, -0.15) is 15.3 Å². The van der Waals surface area contributed by atoms with Crippen molar-refractivity contribution in [3.8, 4) is 0 Å². The molecule has 0 fully saturated rings. The van der Waals surface area contributed by atoms with Crippen LogP contribution in [0.15, 0.2) is 69.9 Å². The molecule has 2 aliphatic rings. The van der Waals surface area contributed by atoms with Crippen LogP contribution in [0.5, 0.6) is 0 Å². The third-order valence-electron chi connectivity index (χ3n) is 4.01. The summed E-state index contributed by atoms with van der Waals surface area (Å²) in [5, 5.41) is 12.8. The Hall–Kier alpha value is -2.75. The monoisotopic (exact) mass is 274 g/mol. The van der Waals surface area contributed by atoms with E-state index in [-0.39, 0.29) is 5.92 Å². The van der Waals surface area contributed by atoms with Crippen molar-refractivity contribution in [2.75, 3.05) is 0 Å². The van der Waals surface area contributed by atoms with E-state index in [1.165, 1.54) is 5.56 Å². The SMILES string of the molecule is N/N=C1\c2ccccc2C2=NN=C(Cc3ccccc3)[C@H]21. The maximum absolute atomic E-state index is 5.64. The van der Waals surface area contributed by atoms with Gasteiger partial charge < -0.3 is 5.84 Å². The summed E-state index contributed by atoms with van der Waals surface area (Å²) in [5.41, 5.74) is 6.25. The van der Waals surface area contributed by atoms with E-state index >= 15 is 0 Å². The van der Waals surface area contributed by atoms with Crippen LogP contribution in [0.3, 0.4) is 0 Å². The molecule has 1 atom stereocenters. The van der Waals surface area contributed by atoms with Gasteiger partial charge in [0.25, 0.3) is 0 Å². The highest BCUT2D eigenvalue weighted by Gasteiger charge is 2.40. The second-order valence-electron chi connectivity index (χ2n) is 5.23. The lowest BCUT2D eigenvalue weighted by atomic mass is 9.92. The van der Waals surface area contributed by atoms with Gasteiger partial charge in [0, 0.05) is 17.5 Å². The van der Waals surface area contributed by atoms with Crippen molar-refractivity contribution in [2.45, 2.75) is 6.42 Å². The van der Waals surface area contributed by atoms with Crippen molar-refractivity contribution >= 4 is 17.1 Å². The Kier molecular flexibility index (Phi) is 2.67. The molecular weight excluding hydrogens is 260 g/mol. The third-order valence-corrected chi connectivity index (χ3v) is 4.01. The summed E-state index contributed by atoms with van der Waals surface area (Å²) in [6.07, 6.45) is 0.769. The Labute approximate surface area is 122 Å². The van der Waals surface area contributed by atoms with Crippen molar-refractivity contribution in [3.63, 3.8) is 0 Å². The van der Waals surface area contributed by atoms with Gasteiger partial charge in [-0.15, -0.1) is 0 Å². The van der Waals surface area contributed by atoms with Gasteiger partial charge in [0.1, 0.15) is 0 Å². The molecule has 2 aromatic rings. The fourth-order valence-corrected chi connectivity index (χ4v) is 3.06. The van der Waals surface area contributed by atoms with Crippen LogP contribution in [0.1, 0.15) is 16.7 Å². The highest BCUT2D eigenvalue weighted by Crippen LogP contribution is 2.33. The van der Waals surface area contributed by atoms with E-state index in [9.17, 15) is 0 Å². The fraction of sp³-hybridized carbons (Fsp3) is 0.118. The normalized spacial score (nSPS) is 21.0. The quantitative estimate of drug-likeness (QED) is 0.663. The summed E-state index contributed by atoms with van der Waals surface area (Å²) in [7, 11) is 0. The molecule has 21 heavy (non-hydrogen) atoms. The maximum Gasteiger partial charge on any atom is 0.0889 e. The van der Waals surface area contributed by atoms with Crippen LogP contribution in [0.4, 0.5) is 0 Å². The number of hydrogen-bond acceptors (Lipinski definition) is 4. The Balaban J connectivity index is 1.72. The molecule has 0 unspecified atom stereocenters. The third kappa shape index (κ3) is 1.80. The number of nitrogens with two attached hydrogens (primary N) is 1. The molecule has 4 rings (SSSR count). The Morgan fingerprint density at radius 2 is 1.62 bits per heavy atom. The first kappa shape index (κ1) is 12.0. The predicted octanol–water partition coefficient (Wildman–Crippen LogP) is 2.38. The Morgan fingerprint density at radius 1 is 0.905 bits per heavy atom. The van der Waals surface area contributed by atoms with Gasteiger partial charge in [-0.3, -0.25) is 0 Å². The first-order chi connectivity index (χ1) is 10.4. The predicted molar refractivity (Wildman–Crippen MR) is 84.8 cm³/mol. The van der Waals surface area contributed by atoms with Crippen LogP contribution >= 0.6 is 0 Å². The van der Waals surface area contributed by atoms with E-state index in [2.05, 4.69) is 33.5 Å². The Morgan fingerprint density at radius 3 is 2.38 bits per heavy atom. The first-order valence-corrected chi connectivity index (χ1v) is 6.94. The lowest BCUT2D eigenvalue weighted by Crippen LogP contribution is -2.25. The summed E-state index contributed by atoms with van der Waals surface area (Å²) in [5.74, 6) is 5.65. The molecule has 4 nitrogen and oxygen atoms in total. The molecule has 0 spiro atoms. The molecule has 1 heterocycles. The van der Waals surface area contributed by atoms with Gasteiger partial charge in [0.05, 0.1) is 23.1 Å². The molecule has 2 aromatic carbocycles. The van der Waals surface area contributed by atoms with Crippen LogP contribution in [0, 0.1) is 5.92 Å². The smallest absolute Gasteiger partial charge is 0.0889 e. The summed E-state index contributed by atoms with van der Waals surface area (Å²) < 4.78 is 0. The van der Waals surface area contributed by atoms with Crippen molar-refractivity contribution < 1.29 is 0 Å². The lowest BCUT2D eigenvalue weighted by molar-refractivity contribution is 1.15. The molecule has 0 aromatic heterocycles. The zero-order chi connectivity index (χ0) is 14.2. The van der Waals surface area contributed by atoms with Gasteiger partial charge in [-0.25, -0.2) is 0 Å². The van der Waals surface area contributed by atoms with E-state index < -0.39 is 0 Å². The number of fused-ring (bicyclic) bond motifs is 3. The standard InChI is InChI=1S/C17H14N4/c18-19-16-12-8-4-5-9-13(12)17-15(16)14(20-21-17)10-11-6-2-1-3-7-11/h1-9,15H,10,18H2/b19-16+/t15-/m0/s1. The molecule has 0 saturated heterocycles. The van der Waals surface area contributed by atoms with E-state index in [0.29, 0.717) is 0 Å². The van der Waals surface area contributed by atoms with Crippen LogP contribution in [0.2, 0.25) is 0 Å². The minimum absolute atomic E-state index is 0.00704. The summed E-state index contributed by atoms with van der Waals surface area (Å²) in [6.45, 7) is 0. The van der Waals surface area contributed by atoms with Crippen molar-refractivity contribution in [1.29, 1.82) is 0 Å². The van der Waals surface area contributed by atoms with Crippen molar-refractivity contribution in [3.05, 3.63) is 71.3 Å². The summed E-state index contributed by atoms with van der Waals surface area (Å²) in [4.78, 5) is 0. The summed E-state index contributed by atoms with van der Waals surface area (Å²) >= 11 is 0. The van der Waals surface area contributed by atoms with Crippen LogP contribution in [-0.4, -0.2) is 17.1 Å². The van der Waals surface area contributed by atoms with E-state index in [1.54, 1.807) is 0 Å². The number of hydrazone groups is 1. The zero-order valence-corrected chi connectivity index (χ0v) is 11.4. The minimum atomic E-state index is 0.00704. The largest absolute Gasteiger partial charge is 0.323 e. The molecule has 0 radical (unpaired) electrons. The van der Waals surface area contributed by atoms with Gasteiger partial charge in [-0.1, -0.05) is 54.6 Å². The van der Waals surface area contributed by atoms with Crippen molar-refractivity contribution in [2.24, 2.45) is 27.1 Å². The molecule has 4 heteroatoms. The van der Waals surface area contributed by atoms with E-state index in [4.69, 9.17) is 5.84 Å². The number of nitrogens with zero attached hydrogens (tertiary/aromatic N) is 3. The highest BCUT2D eigenvalue weighted by molar-refractivity contribution is 6.40. The van der Waals surface area contributed by atoms with Gasteiger partial charge in [0.2, 0.25) is 0 Å². The average molecular weight is 274 g/mol. The van der Waals surface area contributed by atoms with E-state index in [1.807, 2.05) is 36.4 Å². The summed E-state index contributed by atoms with van der Waals surface area (Å²) in [6, 6.07) is 18.4. The highest BCUT2D eigenvalue weighted by atomic mass is 15.3. The fourth-order valence-electron chi connectivity index (χ4n) is 3.06. The molecule has 0 saturated carbocycles. The molecule has 0 amide bonds. The van der Waals surface area contributed by atoms with Gasteiger partial charge >= 0.3 is 0 Å². The second kappa shape index (κ2) is 4.66. The second-order valence-corrected chi connectivity index (χ2v) is 5.23. The van der Waals surface area contributed by atoms with Crippen LogP contribution in [-0.2, 0) is 6.42 Å². The minimum Gasteiger partial charge on any atom is -0.323 e. The molecule has 1 aliphatic heterocycles. The van der Waals surface area contributed by atoms with Crippen LogP contribution < -0.4 is 5.84 Å². The Bertz CT molecular complexity index is 772. The number of benzene rings is 2. The number of rotatable bonds is 2. The van der Waals surface area contributed by atoms with Crippen molar-refractivity contribution in [1.82, 2.24) is 0 Å². The molecule has 1 aliphatic carbocycles. The first-order valence-electron chi connectivity index (χ1n) is 6.94. The molecular formula is C17H14N4. The molecule has 102 valence electrons.